The fourth-order valence-corrected chi connectivity index (χ4v) is 2.44. The lowest BCUT2D eigenvalue weighted by Crippen LogP contribution is -1.98. The van der Waals surface area contributed by atoms with E-state index >= 15 is 0 Å². The number of benzene rings is 1. The minimum atomic E-state index is -0.341. The van der Waals surface area contributed by atoms with Gasteiger partial charge in [-0.15, -0.1) is 0 Å². The first-order valence-electron chi connectivity index (χ1n) is 6.49. The number of imidazole rings is 1. The first-order valence-corrected chi connectivity index (χ1v) is 6.49. The SMILES string of the molecule is Cc1cccc(Cc2nc3ccc(F)cn3c2CO)c1. The molecule has 0 saturated heterocycles. The minimum absolute atomic E-state index is 0.161. The number of fused-ring (bicyclic) bond motifs is 1. The van der Waals surface area contributed by atoms with Crippen LogP contribution in [0.25, 0.3) is 5.65 Å². The first kappa shape index (κ1) is 12.8. The lowest BCUT2D eigenvalue weighted by Gasteiger charge is -2.03. The van der Waals surface area contributed by atoms with Crippen LogP contribution in [0.5, 0.6) is 0 Å². The molecular formula is C16H15FN2O. The molecule has 3 aromatic rings. The normalized spacial score (nSPS) is 11.2. The molecule has 20 heavy (non-hydrogen) atoms. The summed E-state index contributed by atoms with van der Waals surface area (Å²) < 4.78 is 14.9. The fraction of sp³-hybridized carbons (Fsp3) is 0.188. The zero-order chi connectivity index (χ0) is 14.1. The third-order valence-corrected chi connectivity index (χ3v) is 3.37. The molecular weight excluding hydrogens is 255 g/mol. The number of halogens is 1. The highest BCUT2D eigenvalue weighted by atomic mass is 19.1. The largest absolute Gasteiger partial charge is 0.390 e. The quantitative estimate of drug-likeness (QED) is 0.794. The summed E-state index contributed by atoms with van der Waals surface area (Å²) >= 11 is 0. The van der Waals surface area contributed by atoms with Gasteiger partial charge in [0.25, 0.3) is 0 Å². The number of rotatable bonds is 3. The lowest BCUT2D eigenvalue weighted by atomic mass is 10.1. The van der Waals surface area contributed by atoms with Gasteiger partial charge >= 0.3 is 0 Å². The topological polar surface area (TPSA) is 37.5 Å². The van der Waals surface area contributed by atoms with Crippen molar-refractivity contribution < 1.29 is 9.50 Å². The van der Waals surface area contributed by atoms with Crippen LogP contribution in [0.3, 0.4) is 0 Å². The number of nitrogens with zero attached hydrogens (tertiary/aromatic N) is 2. The molecule has 3 nitrogen and oxygen atoms in total. The Morgan fingerprint density at radius 3 is 2.85 bits per heavy atom. The van der Waals surface area contributed by atoms with Gasteiger partial charge in [-0.25, -0.2) is 9.37 Å². The number of aromatic nitrogens is 2. The zero-order valence-corrected chi connectivity index (χ0v) is 11.2. The van der Waals surface area contributed by atoms with Gasteiger partial charge in [0.2, 0.25) is 0 Å². The van der Waals surface area contributed by atoms with Gasteiger partial charge in [-0.1, -0.05) is 29.8 Å². The van der Waals surface area contributed by atoms with E-state index in [4.69, 9.17) is 0 Å². The Hall–Kier alpha value is -2.20. The van der Waals surface area contributed by atoms with E-state index in [1.165, 1.54) is 17.8 Å². The maximum absolute atomic E-state index is 13.3. The first-order chi connectivity index (χ1) is 9.67. The van der Waals surface area contributed by atoms with Crippen molar-refractivity contribution in [1.29, 1.82) is 0 Å². The Kier molecular flexibility index (Phi) is 3.24. The molecule has 102 valence electrons. The summed E-state index contributed by atoms with van der Waals surface area (Å²) in [5.74, 6) is -0.341. The maximum atomic E-state index is 13.3. The van der Waals surface area contributed by atoms with Crippen LogP contribution in [0.2, 0.25) is 0 Å². The van der Waals surface area contributed by atoms with Crippen LogP contribution >= 0.6 is 0 Å². The molecule has 2 heterocycles. The predicted octanol–water partition coefficient (Wildman–Crippen LogP) is 2.86. The molecule has 0 unspecified atom stereocenters. The third kappa shape index (κ3) is 2.30. The van der Waals surface area contributed by atoms with Crippen LogP contribution in [0.1, 0.15) is 22.5 Å². The van der Waals surface area contributed by atoms with Crippen molar-refractivity contribution >= 4 is 5.65 Å². The molecule has 1 aromatic carbocycles. The van der Waals surface area contributed by atoms with Crippen molar-refractivity contribution in [3.8, 4) is 0 Å². The average molecular weight is 270 g/mol. The Morgan fingerprint density at radius 1 is 1.25 bits per heavy atom. The van der Waals surface area contributed by atoms with Crippen LogP contribution in [-0.4, -0.2) is 14.5 Å². The number of aryl methyl sites for hydroxylation is 1. The second-order valence-corrected chi connectivity index (χ2v) is 4.90. The average Bonchev–Trinajstić information content (AvgIpc) is 2.75. The summed E-state index contributed by atoms with van der Waals surface area (Å²) in [5, 5.41) is 9.55. The Balaban J connectivity index is 2.07. The molecule has 0 saturated carbocycles. The standard InChI is InChI=1S/C16H15FN2O/c1-11-3-2-4-12(7-11)8-14-15(10-20)19-9-13(17)5-6-16(19)18-14/h2-7,9,20H,8,10H2,1H3. The molecule has 4 heteroatoms. The number of hydrogen-bond acceptors (Lipinski definition) is 2. The summed E-state index contributed by atoms with van der Waals surface area (Å²) in [5.41, 5.74) is 4.38. The summed E-state index contributed by atoms with van der Waals surface area (Å²) in [6, 6.07) is 11.1. The number of hydrogen-bond donors (Lipinski definition) is 1. The van der Waals surface area contributed by atoms with Gasteiger partial charge in [0.15, 0.2) is 0 Å². The summed E-state index contributed by atoms with van der Waals surface area (Å²) in [7, 11) is 0. The molecule has 2 aromatic heterocycles. The number of aliphatic hydroxyl groups excluding tert-OH is 1. The van der Waals surface area contributed by atoms with Crippen molar-refractivity contribution in [1.82, 2.24) is 9.38 Å². The van der Waals surface area contributed by atoms with Crippen LogP contribution in [0.15, 0.2) is 42.6 Å². The molecule has 0 aliphatic rings. The second-order valence-electron chi connectivity index (χ2n) is 4.90. The van der Waals surface area contributed by atoms with E-state index in [0.29, 0.717) is 17.8 Å². The molecule has 0 fully saturated rings. The fourth-order valence-electron chi connectivity index (χ4n) is 2.44. The third-order valence-electron chi connectivity index (χ3n) is 3.37. The maximum Gasteiger partial charge on any atom is 0.139 e. The van der Waals surface area contributed by atoms with Crippen LogP contribution in [0, 0.1) is 12.7 Å². The van der Waals surface area contributed by atoms with E-state index in [9.17, 15) is 9.50 Å². The molecule has 0 aliphatic heterocycles. The van der Waals surface area contributed by atoms with Crippen molar-refractivity contribution in [2.45, 2.75) is 20.0 Å². The molecule has 1 N–H and O–H groups in total. The molecule has 0 radical (unpaired) electrons. The van der Waals surface area contributed by atoms with E-state index in [2.05, 4.69) is 11.1 Å². The van der Waals surface area contributed by atoms with E-state index in [-0.39, 0.29) is 12.4 Å². The van der Waals surface area contributed by atoms with Crippen molar-refractivity contribution in [2.24, 2.45) is 0 Å². The van der Waals surface area contributed by atoms with Crippen LogP contribution in [-0.2, 0) is 13.0 Å². The van der Waals surface area contributed by atoms with Gasteiger partial charge in [-0.3, -0.25) is 4.40 Å². The zero-order valence-electron chi connectivity index (χ0n) is 11.2. The summed E-state index contributed by atoms with van der Waals surface area (Å²) in [6.45, 7) is 1.88. The Bertz CT molecular complexity index is 764. The monoisotopic (exact) mass is 270 g/mol. The van der Waals surface area contributed by atoms with E-state index < -0.39 is 0 Å². The minimum Gasteiger partial charge on any atom is -0.390 e. The molecule has 3 rings (SSSR count). The van der Waals surface area contributed by atoms with Gasteiger partial charge in [0.1, 0.15) is 11.5 Å². The van der Waals surface area contributed by atoms with Crippen molar-refractivity contribution in [2.75, 3.05) is 0 Å². The Labute approximate surface area is 116 Å². The van der Waals surface area contributed by atoms with Gasteiger partial charge in [0.05, 0.1) is 18.0 Å². The van der Waals surface area contributed by atoms with Crippen molar-refractivity contribution in [3.63, 3.8) is 0 Å². The molecule has 0 aliphatic carbocycles. The van der Waals surface area contributed by atoms with E-state index in [1.54, 1.807) is 10.5 Å². The van der Waals surface area contributed by atoms with Gasteiger partial charge in [-0.2, -0.15) is 0 Å². The highest BCUT2D eigenvalue weighted by Gasteiger charge is 2.12. The highest BCUT2D eigenvalue weighted by molar-refractivity contribution is 5.44. The number of aliphatic hydroxyl groups is 1. The van der Waals surface area contributed by atoms with Gasteiger partial charge in [0, 0.05) is 12.6 Å². The highest BCUT2D eigenvalue weighted by Crippen LogP contribution is 2.18. The van der Waals surface area contributed by atoms with Gasteiger partial charge < -0.3 is 5.11 Å². The van der Waals surface area contributed by atoms with Gasteiger partial charge in [-0.05, 0) is 24.6 Å². The molecule has 0 spiro atoms. The van der Waals surface area contributed by atoms with Crippen molar-refractivity contribution in [3.05, 3.63) is 70.9 Å². The van der Waals surface area contributed by atoms with Crippen LogP contribution < -0.4 is 0 Å². The van der Waals surface area contributed by atoms with E-state index in [1.807, 2.05) is 25.1 Å². The lowest BCUT2D eigenvalue weighted by molar-refractivity contribution is 0.274. The summed E-state index contributed by atoms with van der Waals surface area (Å²) in [4.78, 5) is 4.49. The second kappa shape index (κ2) is 5.06. The molecule has 0 atom stereocenters. The smallest absolute Gasteiger partial charge is 0.139 e. The molecule has 0 bridgehead atoms. The summed E-state index contributed by atoms with van der Waals surface area (Å²) in [6.07, 6.45) is 1.98. The Morgan fingerprint density at radius 2 is 2.10 bits per heavy atom. The molecule has 0 amide bonds. The van der Waals surface area contributed by atoms with E-state index in [0.717, 1.165) is 11.3 Å². The predicted molar refractivity (Wildman–Crippen MR) is 75.1 cm³/mol. The number of pyridine rings is 1. The van der Waals surface area contributed by atoms with Crippen LogP contribution in [0.4, 0.5) is 4.39 Å².